The summed E-state index contributed by atoms with van der Waals surface area (Å²) in [6.45, 7) is 10.7. The van der Waals surface area contributed by atoms with Crippen molar-refractivity contribution in [3.05, 3.63) is 35.4 Å². The summed E-state index contributed by atoms with van der Waals surface area (Å²) in [5, 5.41) is 6.64. The Morgan fingerprint density at radius 1 is 1.15 bits per heavy atom. The van der Waals surface area contributed by atoms with E-state index >= 15 is 0 Å². The smallest absolute Gasteiger partial charge is 0.191 e. The molecule has 0 radical (unpaired) electrons. The molecule has 1 fully saturated rings. The predicted octanol–water partition coefficient (Wildman–Crippen LogP) is 2.91. The fourth-order valence-electron chi connectivity index (χ4n) is 3.28. The lowest BCUT2D eigenvalue weighted by Gasteiger charge is -2.24. The Morgan fingerprint density at radius 3 is 2.26 bits per heavy atom. The zero-order chi connectivity index (χ0) is 20.1. The molecule has 27 heavy (non-hydrogen) atoms. The highest BCUT2D eigenvalue weighted by Crippen LogP contribution is 2.46. The lowest BCUT2D eigenvalue weighted by atomic mass is 9.84. The fourth-order valence-corrected chi connectivity index (χ4v) is 4.78. The van der Waals surface area contributed by atoms with E-state index in [-0.39, 0.29) is 16.6 Å². The van der Waals surface area contributed by atoms with E-state index in [1.165, 1.54) is 17.4 Å². The third-order valence-corrected chi connectivity index (χ3v) is 6.41. The first-order chi connectivity index (χ1) is 12.6. The van der Waals surface area contributed by atoms with E-state index in [2.05, 4.69) is 55.7 Å². The number of aryl methyl sites for hydroxylation is 1. The Bertz CT molecular complexity index is 748. The lowest BCUT2D eigenvalue weighted by molar-refractivity contribution is 0.520. The average molecular weight is 394 g/mol. The van der Waals surface area contributed by atoms with Gasteiger partial charge in [0, 0.05) is 30.2 Å². The summed E-state index contributed by atoms with van der Waals surface area (Å²) >= 11 is 0. The first-order valence-electron chi connectivity index (χ1n) is 9.88. The molecule has 0 spiro atoms. The molecule has 0 unspecified atom stereocenters. The molecular formula is C21H35N3O2S. The van der Waals surface area contributed by atoms with Gasteiger partial charge < -0.3 is 10.6 Å². The van der Waals surface area contributed by atoms with Crippen molar-refractivity contribution in [3.63, 3.8) is 0 Å². The zero-order valence-corrected chi connectivity index (χ0v) is 18.2. The molecule has 152 valence electrons. The van der Waals surface area contributed by atoms with Crippen LogP contribution >= 0.6 is 0 Å². The SMILES string of the molecule is CCNC(=NCC(C)(C)c1ccc(CC)cc1)NCC1(CS(C)(=O)=O)CC1. The highest BCUT2D eigenvalue weighted by molar-refractivity contribution is 7.90. The third kappa shape index (κ3) is 6.83. The molecule has 0 atom stereocenters. The molecule has 1 aliphatic rings. The Kier molecular flexibility index (Phi) is 6.95. The van der Waals surface area contributed by atoms with Crippen LogP contribution in [0.2, 0.25) is 0 Å². The quantitative estimate of drug-likeness (QED) is 0.500. The molecule has 6 heteroatoms. The molecule has 0 saturated heterocycles. The van der Waals surface area contributed by atoms with Gasteiger partial charge in [-0.15, -0.1) is 0 Å². The topological polar surface area (TPSA) is 70.6 Å². The van der Waals surface area contributed by atoms with Gasteiger partial charge in [-0.2, -0.15) is 0 Å². The summed E-state index contributed by atoms with van der Waals surface area (Å²) in [5.41, 5.74) is 2.43. The van der Waals surface area contributed by atoms with Crippen molar-refractivity contribution >= 4 is 15.8 Å². The van der Waals surface area contributed by atoms with Crippen LogP contribution in [-0.4, -0.2) is 46.0 Å². The van der Waals surface area contributed by atoms with E-state index in [0.29, 0.717) is 13.1 Å². The van der Waals surface area contributed by atoms with Gasteiger partial charge in [-0.25, -0.2) is 8.42 Å². The molecule has 0 aromatic heterocycles. The second-order valence-electron chi connectivity index (χ2n) is 8.55. The van der Waals surface area contributed by atoms with E-state index < -0.39 is 9.84 Å². The van der Waals surface area contributed by atoms with Crippen LogP contribution in [0.1, 0.15) is 51.7 Å². The van der Waals surface area contributed by atoms with Crippen molar-refractivity contribution in [1.29, 1.82) is 0 Å². The van der Waals surface area contributed by atoms with Gasteiger partial charge in [-0.05, 0) is 37.3 Å². The van der Waals surface area contributed by atoms with Gasteiger partial charge in [0.2, 0.25) is 0 Å². The van der Waals surface area contributed by atoms with Crippen LogP contribution in [0.5, 0.6) is 0 Å². The summed E-state index contributed by atoms with van der Waals surface area (Å²) in [4.78, 5) is 4.78. The molecule has 1 saturated carbocycles. The number of aliphatic imine (C=N–C) groups is 1. The molecule has 0 bridgehead atoms. The molecule has 2 rings (SSSR count). The molecule has 5 nitrogen and oxygen atoms in total. The van der Waals surface area contributed by atoms with Crippen LogP contribution in [0, 0.1) is 5.41 Å². The van der Waals surface area contributed by atoms with E-state index in [0.717, 1.165) is 31.8 Å². The number of hydrogen-bond acceptors (Lipinski definition) is 3. The maximum absolute atomic E-state index is 11.6. The summed E-state index contributed by atoms with van der Waals surface area (Å²) in [7, 11) is -2.96. The standard InChI is InChI=1S/C21H35N3O2S/c1-6-17-8-10-18(11-9-17)20(3,4)14-23-19(22-7-2)24-15-21(12-13-21)16-27(5,25)26/h8-11H,6-7,12-16H2,1-5H3,(H2,22,23,24). The lowest BCUT2D eigenvalue weighted by Crippen LogP contribution is -2.42. The maximum Gasteiger partial charge on any atom is 0.191 e. The van der Waals surface area contributed by atoms with Gasteiger partial charge in [-0.1, -0.05) is 45.0 Å². The summed E-state index contributed by atoms with van der Waals surface area (Å²) < 4.78 is 23.3. The van der Waals surface area contributed by atoms with Crippen molar-refractivity contribution in [2.24, 2.45) is 10.4 Å². The van der Waals surface area contributed by atoms with E-state index in [9.17, 15) is 8.42 Å². The summed E-state index contributed by atoms with van der Waals surface area (Å²) in [5.74, 6) is 1.01. The molecule has 2 N–H and O–H groups in total. The Morgan fingerprint density at radius 2 is 1.78 bits per heavy atom. The van der Waals surface area contributed by atoms with Gasteiger partial charge in [0.1, 0.15) is 9.84 Å². The highest BCUT2D eigenvalue weighted by Gasteiger charge is 2.45. The van der Waals surface area contributed by atoms with Crippen LogP contribution < -0.4 is 10.6 Å². The predicted molar refractivity (Wildman–Crippen MR) is 114 cm³/mol. The number of rotatable bonds is 9. The number of nitrogens with one attached hydrogen (secondary N) is 2. The van der Waals surface area contributed by atoms with Crippen LogP contribution in [-0.2, 0) is 21.7 Å². The van der Waals surface area contributed by atoms with Gasteiger partial charge >= 0.3 is 0 Å². The molecule has 0 amide bonds. The van der Waals surface area contributed by atoms with Crippen LogP contribution in [0.4, 0.5) is 0 Å². The molecule has 1 aliphatic carbocycles. The zero-order valence-electron chi connectivity index (χ0n) is 17.4. The number of benzene rings is 1. The Labute approximate surface area is 165 Å². The van der Waals surface area contributed by atoms with Crippen molar-refractivity contribution in [2.45, 2.75) is 52.4 Å². The third-order valence-electron chi connectivity index (χ3n) is 5.28. The minimum atomic E-state index is -2.96. The molecule has 0 aliphatic heterocycles. The van der Waals surface area contributed by atoms with Gasteiger partial charge in [0.05, 0.1) is 12.3 Å². The Balaban J connectivity index is 2.01. The van der Waals surface area contributed by atoms with Gasteiger partial charge in [0.25, 0.3) is 0 Å². The highest BCUT2D eigenvalue weighted by atomic mass is 32.2. The van der Waals surface area contributed by atoms with E-state index in [1.54, 1.807) is 0 Å². The van der Waals surface area contributed by atoms with E-state index in [1.807, 2.05) is 6.92 Å². The van der Waals surface area contributed by atoms with Crippen molar-refractivity contribution in [3.8, 4) is 0 Å². The number of guanidine groups is 1. The van der Waals surface area contributed by atoms with Crippen LogP contribution in [0.3, 0.4) is 0 Å². The molecule has 1 aromatic carbocycles. The monoisotopic (exact) mass is 393 g/mol. The fraction of sp³-hybridized carbons (Fsp3) is 0.667. The summed E-state index contributed by atoms with van der Waals surface area (Å²) in [6, 6.07) is 8.76. The van der Waals surface area contributed by atoms with Gasteiger partial charge in [-0.3, -0.25) is 4.99 Å². The van der Waals surface area contributed by atoms with E-state index in [4.69, 9.17) is 4.99 Å². The van der Waals surface area contributed by atoms with Crippen LogP contribution in [0.25, 0.3) is 0 Å². The second kappa shape index (κ2) is 8.63. The summed E-state index contributed by atoms with van der Waals surface area (Å²) in [6.07, 6.45) is 4.28. The average Bonchev–Trinajstić information content (AvgIpc) is 3.35. The first kappa shape index (κ1) is 21.7. The normalized spacial score (nSPS) is 16.9. The van der Waals surface area contributed by atoms with Crippen molar-refractivity contribution in [2.75, 3.05) is 31.6 Å². The number of nitrogens with zero attached hydrogens (tertiary/aromatic N) is 1. The minimum Gasteiger partial charge on any atom is -0.357 e. The number of sulfone groups is 1. The Hall–Kier alpha value is -1.56. The molecule has 1 aromatic rings. The second-order valence-corrected chi connectivity index (χ2v) is 10.7. The van der Waals surface area contributed by atoms with Crippen LogP contribution in [0.15, 0.2) is 29.3 Å². The number of hydrogen-bond donors (Lipinski definition) is 2. The maximum atomic E-state index is 11.6. The largest absolute Gasteiger partial charge is 0.357 e. The van der Waals surface area contributed by atoms with Gasteiger partial charge in [0.15, 0.2) is 5.96 Å². The molecule has 0 heterocycles. The van der Waals surface area contributed by atoms with Crippen molar-refractivity contribution in [1.82, 2.24) is 10.6 Å². The first-order valence-corrected chi connectivity index (χ1v) is 11.9. The molecular weight excluding hydrogens is 358 g/mol. The minimum absolute atomic E-state index is 0.0708. The van der Waals surface area contributed by atoms with Crippen molar-refractivity contribution < 1.29 is 8.42 Å².